The van der Waals surface area contributed by atoms with Crippen molar-refractivity contribution in [2.24, 2.45) is 0 Å². The van der Waals surface area contributed by atoms with Gasteiger partial charge in [-0.05, 0) is 20.8 Å². The maximum absolute atomic E-state index is 11.7. The van der Waals surface area contributed by atoms with E-state index in [0.717, 1.165) is 0 Å². The van der Waals surface area contributed by atoms with Crippen molar-refractivity contribution in [3.63, 3.8) is 0 Å². The van der Waals surface area contributed by atoms with Gasteiger partial charge >= 0.3 is 6.09 Å². The summed E-state index contributed by atoms with van der Waals surface area (Å²) in [5.41, 5.74) is -0.460. The molecule has 0 aromatic carbocycles. The summed E-state index contributed by atoms with van der Waals surface area (Å²) in [5, 5.41) is 0. The minimum Gasteiger partial charge on any atom is -0.444 e. The lowest BCUT2D eigenvalue weighted by molar-refractivity contribution is -0.161. The van der Waals surface area contributed by atoms with Gasteiger partial charge in [-0.25, -0.2) is 4.79 Å². The molecule has 1 fully saturated rings. The summed E-state index contributed by atoms with van der Waals surface area (Å²) in [6.45, 7) is 7.00. The third kappa shape index (κ3) is 4.05. The van der Waals surface area contributed by atoms with Crippen LogP contribution in [0.25, 0.3) is 0 Å². The fourth-order valence-corrected chi connectivity index (χ4v) is 1.25. The lowest BCUT2D eigenvalue weighted by Crippen LogP contribution is -2.47. The van der Waals surface area contributed by atoms with Crippen molar-refractivity contribution < 1.29 is 19.0 Å². The fourth-order valence-electron chi connectivity index (χ4n) is 1.25. The minimum atomic E-state index is -0.460. The molecule has 0 radical (unpaired) electrons. The molecule has 15 heavy (non-hydrogen) atoms. The summed E-state index contributed by atoms with van der Waals surface area (Å²) in [4.78, 5) is 13.3. The van der Waals surface area contributed by atoms with Crippen LogP contribution in [0.3, 0.4) is 0 Å². The Morgan fingerprint density at radius 3 is 2.67 bits per heavy atom. The average Bonchev–Trinajstić information content (AvgIpc) is 2.15. The van der Waals surface area contributed by atoms with E-state index in [-0.39, 0.29) is 12.4 Å². The highest BCUT2D eigenvalue weighted by Crippen LogP contribution is 2.13. The van der Waals surface area contributed by atoms with Crippen molar-refractivity contribution in [2.75, 3.05) is 26.8 Å². The molecule has 1 aliphatic rings. The highest BCUT2D eigenvalue weighted by atomic mass is 16.7. The molecule has 1 aliphatic heterocycles. The molecule has 0 saturated carbocycles. The van der Waals surface area contributed by atoms with Gasteiger partial charge in [-0.1, -0.05) is 0 Å². The van der Waals surface area contributed by atoms with Crippen molar-refractivity contribution in [3.05, 3.63) is 0 Å². The molecular weight excluding hydrogens is 198 g/mol. The number of morpholine rings is 1. The largest absolute Gasteiger partial charge is 0.444 e. The number of carbonyl (C=O) groups excluding carboxylic acids is 1. The molecule has 5 nitrogen and oxygen atoms in total. The van der Waals surface area contributed by atoms with Crippen molar-refractivity contribution in [2.45, 2.75) is 32.7 Å². The Labute approximate surface area is 90.3 Å². The summed E-state index contributed by atoms with van der Waals surface area (Å²) in [7, 11) is 1.56. The number of ether oxygens (including phenoxy) is 3. The number of carbonyl (C=O) groups is 1. The third-order valence-corrected chi connectivity index (χ3v) is 1.95. The molecule has 88 valence electrons. The van der Waals surface area contributed by atoms with E-state index in [1.807, 2.05) is 20.8 Å². The molecule has 0 aromatic rings. The van der Waals surface area contributed by atoms with E-state index >= 15 is 0 Å². The number of methoxy groups -OCH3 is 1. The van der Waals surface area contributed by atoms with E-state index in [1.54, 1.807) is 12.0 Å². The van der Waals surface area contributed by atoms with Crippen LogP contribution in [0, 0.1) is 0 Å². The predicted octanol–water partition coefficient (Wildman–Crippen LogP) is 1.23. The number of nitrogens with zero attached hydrogens (tertiary/aromatic N) is 1. The zero-order valence-corrected chi connectivity index (χ0v) is 9.78. The van der Waals surface area contributed by atoms with Crippen LogP contribution in [0.1, 0.15) is 20.8 Å². The molecule has 1 saturated heterocycles. The Kier molecular flexibility index (Phi) is 3.93. The number of rotatable bonds is 1. The molecule has 1 rings (SSSR count). The predicted molar refractivity (Wildman–Crippen MR) is 54.6 cm³/mol. The molecule has 0 aromatic heterocycles. The Morgan fingerprint density at radius 2 is 2.13 bits per heavy atom. The molecule has 0 spiro atoms. The second kappa shape index (κ2) is 4.81. The monoisotopic (exact) mass is 217 g/mol. The molecule has 1 heterocycles. The van der Waals surface area contributed by atoms with Crippen molar-refractivity contribution >= 4 is 6.09 Å². The number of amides is 1. The molecular formula is C10H19NO4. The summed E-state index contributed by atoms with van der Waals surface area (Å²) >= 11 is 0. The molecule has 1 atom stereocenters. The molecule has 1 amide bonds. The van der Waals surface area contributed by atoms with Crippen molar-refractivity contribution in [3.8, 4) is 0 Å². The maximum Gasteiger partial charge on any atom is 0.410 e. The summed E-state index contributed by atoms with van der Waals surface area (Å²) in [6, 6.07) is 0. The minimum absolute atomic E-state index is 0.312. The zero-order valence-electron chi connectivity index (χ0n) is 9.78. The highest BCUT2D eigenvalue weighted by Gasteiger charge is 2.27. The first kappa shape index (κ1) is 12.3. The van der Waals surface area contributed by atoms with Crippen LogP contribution in [-0.4, -0.2) is 49.7 Å². The number of hydrogen-bond acceptors (Lipinski definition) is 4. The second-order valence-corrected chi connectivity index (χ2v) is 4.46. The van der Waals surface area contributed by atoms with E-state index in [4.69, 9.17) is 14.2 Å². The second-order valence-electron chi connectivity index (χ2n) is 4.46. The standard InChI is InChI=1S/C10H19NO4/c1-10(2,3)15-9(12)11-5-6-14-8(7-11)13-4/h8H,5-7H2,1-4H3. The zero-order chi connectivity index (χ0) is 11.5. The van der Waals surface area contributed by atoms with Gasteiger partial charge < -0.3 is 19.1 Å². The SMILES string of the molecule is COC1CN(C(=O)OC(C)(C)C)CCO1. The topological polar surface area (TPSA) is 48.0 Å². The lowest BCUT2D eigenvalue weighted by atomic mass is 10.2. The molecule has 0 aliphatic carbocycles. The van der Waals surface area contributed by atoms with E-state index < -0.39 is 5.60 Å². The van der Waals surface area contributed by atoms with Gasteiger partial charge in [-0.3, -0.25) is 0 Å². The van der Waals surface area contributed by atoms with Crippen molar-refractivity contribution in [1.29, 1.82) is 0 Å². The Balaban J connectivity index is 2.45. The summed E-state index contributed by atoms with van der Waals surface area (Å²) in [5.74, 6) is 0. The first-order chi connectivity index (χ1) is 6.92. The highest BCUT2D eigenvalue weighted by molar-refractivity contribution is 5.68. The molecule has 1 unspecified atom stereocenters. The normalized spacial score (nSPS) is 22.7. The van der Waals surface area contributed by atoms with E-state index in [0.29, 0.717) is 19.7 Å². The molecule has 5 heteroatoms. The van der Waals surface area contributed by atoms with Gasteiger partial charge in [-0.15, -0.1) is 0 Å². The Bertz CT molecular complexity index is 224. The summed E-state index contributed by atoms with van der Waals surface area (Å²) < 4.78 is 15.5. The van der Waals surface area contributed by atoms with E-state index in [9.17, 15) is 4.79 Å². The molecule has 0 N–H and O–H groups in total. The molecule has 0 bridgehead atoms. The maximum atomic E-state index is 11.7. The quantitative estimate of drug-likeness (QED) is 0.662. The van der Waals surface area contributed by atoms with Crippen LogP contribution in [0.5, 0.6) is 0 Å². The van der Waals surface area contributed by atoms with Gasteiger partial charge in [0.05, 0.1) is 13.2 Å². The van der Waals surface area contributed by atoms with E-state index in [1.165, 1.54) is 0 Å². The van der Waals surface area contributed by atoms with Crippen LogP contribution >= 0.6 is 0 Å². The van der Waals surface area contributed by atoms with Crippen LogP contribution in [0.4, 0.5) is 4.79 Å². The lowest BCUT2D eigenvalue weighted by Gasteiger charge is -2.33. The van der Waals surface area contributed by atoms with Gasteiger partial charge in [-0.2, -0.15) is 0 Å². The first-order valence-electron chi connectivity index (χ1n) is 5.05. The average molecular weight is 217 g/mol. The van der Waals surface area contributed by atoms with Crippen LogP contribution < -0.4 is 0 Å². The van der Waals surface area contributed by atoms with Gasteiger partial charge in [0.15, 0.2) is 6.29 Å². The number of hydrogen-bond donors (Lipinski definition) is 0. The van der Waals surface area contributed by atoms with E-state index in [2.05, 4.69) is 0 Å². The summed E-state index contributed by atoms with van der Waals surface area (Å²) in [6.07, 6.45) is -0.654. The third-order valence-electron chi connectivity index (χ3n) is 1.95. The van der Waals surface area contributed by atoms with Crippen LogP contribution in [0.2, 0.25) is 0 Å². The Morgan fingerprint density at radius 1 is 1.47 bits per heavy atom. The van der Waals surface area contributed by atoms with Crippen LogP contribution in [-0.2, 0) is 14.2 Å². The van der Waals surface area contributed by atoms with Gasteiger partial charge in [0.1, 0.15) is 5.60 Å². The van der Waals surface area contributed by atoms with Crippen molar-refractivity contribution in [1.82, 2.24) is 4.90 Å². The smallest absolute Gasteiger partial charge is 0.410 e. The van der Waals surface area contributed by atoms with Crippen LogP contribution in [0.15, 0.2) is 0 Å². The fraction of sp³-hybridized carbons (Fsp3) is 0.900. The first-order valence-corrected chi connectivity index (χ1v) is 5.05. The van der Waals surface area contributed by atoms with Gasteiger partial charge in [0.2, 0.25) is 0 Å². The van der Waals surface area contributed by atoms with Gasteiger partial charge in [0, 0.05) is 13.7 Å². The Hall–Kier alpha value is -0.810. The van der Waals surface area contributed by atoms with Gasteiger partial charge in [0.25, 0.3) is 0 Å².